The van der Waals surface area contributed by atoms with Crippen molar-refractivity contribution in [3.8, 4) is 0 Å². The minimum atomic E-state index is 0.0770. The third kappa shape index (κ3) is 1.59. The number of nitrogens with two attached hydrogens (primary N) is 2. The molecule has 0 atom stereocenters. The van der Waals surface area contributed by atoms with Gasteiger partial charge >= 0.3 is 0 Å². The molecule has 0 saturated heterocycles. The first-order valence-corrected chi connectivity index (χ1v) is 3.35. The van der Waals surface area contributed by atoms with Gasteiger partial charge in [-0.15, -0.1) is 0 Å². The molecule has 1 heterocycles. The maximum absolute atomic E-state index is 8.62. The molecule has 0 saturated carbocycles. The SMILES string of the molecule is Nc1nccc(CCO)c1N. The molecule has 0 aromatic carbocycles. The van der Waals surface area contributed by atoms with Crippen LogP contribution in [-0.4, -0.2) is 16.7 Å². The number of nitrogen functional groups attached to an aromatic ring is 2. The van der Waals surface area contributed by atoms with E-state index < -0.39 is 0 Å². The van der Waals surface area contributed by atoms with Crippen LogP contribution in [-0.2, 0) is 6.42 Å². The zero-order valence-electron chi connectivity index (χ0n) is 6.12. The van der Waals surface area contributed by atoms with Gasteiger partial charge in [0.15, 0.2) is 0 Å². The van der Waals surface area contributed by atoms with Crippen LogP contribution < -0.4 is 11.5 Å². The summed E-state index contributed by atoms with van der Waals surface area (Å²) in [4.78, 5) is 3.79. The number of aliphatic hydroxyl groups is 1. The first-order chi connectivity index (χ1) is 5.25. The largest absolute Gasteiger partial charge is 0.396 e. The number of anilines is 2. The lowest BCUT2D eigenvalue weighted by atomic mass is 10.1. The van der Waals surface area contributed by atoms with Crippen molar-refractivity contribution >= 4 is 11.5 Å². The molecule has 1 rings (SSSR count). The number of hydrogen-bond acceptors (Lipinski definition) is 4. The summed E-state index contributed by atoms with van der Waals surface area (Å²) in [6.45, 7) is 0.0770. The molecule has 0 fully saturated rings. The van der Waals surface area contributed by atoms with E-state index >= 15 is 0 Å². The topological polar surface area (TPSA) is 85.2 Å². The molecule has 1 aromatic rings. The van der Waals surface area contributed by atoms with Gasteiger partial charge < -0.3 is 16.6 Å². The predicted octanol–water partition coefficient (Wildman–Crippen LogP) is -0.219. The second kappa shape index (κ2) is 3.21. The highest BCUT2D eigenvalue weighted by atomic mass is 16.2. The standard InChI is InChI=1S/C7H11N3O/c8-6-5(2-4-11)1-3-10-7(6)9/h1,3,11H,2,4,8H2,(H2,9,10). The van der Waals surface area contributed by atoms with Gasteiger partial charge in [0.05, 0.1) is 5.69 Å². The van der Waals surface area contributed by atoms with Gasteiger partial charge in [0.1, 0.15) is 5.82 Å². The van der Waals surface area contributed by atoms with E-state index in [1.165, 1.54) is 0 Å². The highest BCUT2D eigenvalue weighted by molar-refractivity contribution is 5.62. The lowest BCUT2D eigenvalue weighted by Crippen LogP contribution is -2.03. The van der Waals surface area contributed by atoms with E-state index in [1.54, 1.807) is 12.3 Å². The molecule has 5 N–H and O–H groups in total. The average molecular weight is 153 g/mol. The Hall–Kier alpha value is -1.29. The van der Waals surface area contributed by atoms with Crippen LogP contribution in [0.3, 0.4) is 0 Å². The Morgan fingerprint density at radius 2 is 2.18 bits per heavy atom. The molecule has 0 spiro atoms. The van der Waals surface area contributed by atoms with Crippen molar-refractivity contribution in [1.29, 1.82) is 0 Å². The van der Waals surface area contributed by atoms with Crippen LogP contribution in [0.1, 0.15) is 5.56 Å². The van der Waals surface area contributed by atoms with E-state index in [0.29, 0.717) is 17.9 Å². The fourth-order valence-corrected chi connectivity index (χ4v) is 0.870. The Morgan fingerprint density at radius 3 is 2.82 bits per heavy atom. The van der Waals surface area contributed by atoms with Gasteiger partial charge in [0, 0.05) is 12.8 Å². The third-order valence-electron chi connectivity index (χ3n) is 1.49. The van der Waals surface area contributed by atoms with Gasteiger partial charge in [-0.05, 0) is 18.1 Å². The second-order valence-electron chi connectivity index (χ2n) is 2.24. The summed E-state index contributed by atoms with van der Waals surface area (Å²) in [6, 6.07) is 1.75. The van der Waals surface area contributed by atoms with E-state index in [0.717, 1.165) is 5.56 Å². The molecule has 0 amide bonds. The van der Waals surface area contributed by atoms with Gasteiger partial charge in [-0.2, -0.15) is 0 Å². The van der Waals surface area contributed by atoms with Crippen molar-refractivity contribution in [1.82, 2.24) is 4.98 Å². The first kappa shape index (κ1) is 7.81. The molecule has 0 aliphatic heterocycles. The molecule has 60 valence electrons. The predicted molar refractivity (Wildman–Crippen MR) is 43.9 cm³/mol. The molecule has 0 unspecified atom stereocenters. The van der Waals surface area contributed by atoms with E-state index in [2.05, 4.69) is 4.98 Å². The Bertz CT molecular complexity index is 249. The van der Waals surface area contributed by atoms with Crippen LogP contribution in [0.2, 0.25) is 0 Å². The van der Waals surface area contributed by atoms with Crippen molar-refractivity contribution in [3.63, 3.8) is 0 Å². The van der Waals surface area contributed by atoms with Crippen LogP contribution in [0.5, 0.6) is 0 Å². The molecule has 0 aliphatic carbocycles. The van der Waals surface area contributed by atoms with E-state index in [-0.39, 0.29) is 6.61 Å². The number of aromatic nitrogens is 1. The maximum Gasteiger partial charge on any atom is 0.146 e. The Balaban J connectivity index is 2.96. The molecule has 4 nitrogen and oxygen atoms in total. The number of hydrogen-bond donors (Lipinski definition) is 3. The number of rotatable bonds is 2. The fourth-order valence-electron chi connectivity index (χ4n) is 0.870. The molecule has 0 radical (unpaired) electrons. The minimum absolute atomic E-state index is 0.0770. The van der Waals surface area contributed by atoms with Crippen molar-refractivity contribution < 1.29 is 5.11 Å². The number of pyridine rings is 1. The second-order valence-corrected chi connectivity index (χ2v) is 2.24. The monoisotopic (exact) mass is 153 g/mol. The van der Waals surface area contributed by atoms with Gasteiger partial charge in [-0.25, -0.2) is 4.98 Å². The highest BCUT2D eigenvalue weighted by Gasteiger charge is 2.01. The molecule has 0 bridgehead atoms. The quantitative estimate of drug-likeness (QED) is 0.548. The Morgan fingerprint density at radius 1 is 1.45 bits per heavy atom. The van der Waals surface area contributed by atoms with Gasteiger partial charge in [-0.3, -0.25) is 0 Å². The summed E-state index contributed by atoms with van der Waals surface area (Å²) in [5.74, 6) is 0.330. The van der Waals surface area contributed by atoms with Gasteiger partial charge in [0.2, 0.25) is 0 Å². The normalized spacial score (nSPS) is 9.91. The summed E-state index contributed by atoms with van der Waals surface area (Å²) >= 11 is 0. The van der Waals surface area contributed by atoms with E-state index in [1.807, 2.05) is 0 Å². The fraction of sp³-hybridized carbons (Fsp3) is 0.286. The van der Waals surface area contributed by atoms with Crippen LogP contribution in [0.4, 0.5) is 11.5 Å². The van der Waals surface area contributed by atoms with Crippen molar-refractivity contribution in [2.24, 2.45) is 0 Å². The van der Waals surface area contributed by atoms with Crippen molar-refractivity contribution in [2.45, 2.75) is 6.42 Å². The van der Waals surface area contributed by atoms with Gasteiger partial charge in [0.25, 0.3) is 0 Å². The molecule has 1 aromatic heterocycles. The minimum Gasteiger partial charge on any atom is -0.396 e. The van der Waals surface area contributed by atoms with Crippen molar-refractivity contribution in [3.05, 3.63) is 17.8 Å². The zero-order chi connectivity index (χ0) is 8.27. The summed E-state index contributed by atoms with van der Waals surface area (Å²) < 4.78 is 0. The van der Waals surface area contributed by atoms with Crippen LogP contribution in [0.25, 0.3) is 0 Å². The molecule has 4 heteroatoms. The Kier molecular flexibility index (Phi) is 2.28. The lowest BCUT2D eigenvalue weighted by molar-refractivity contribution is 0.300. The number of aliphatic hydroxyl groups excluding tert-OH is 1. The van der Waals surface area contributed by atoms with E-state index in [4.69, 9.17) is 16.6 Å². The maximum atomic E-state index is 8.62. The van der Waals surface area contributed by atoms with Crippen LogP contribution in [0, 0.1) is 0 Å². The first-order valence-electron chi connectivity index (χ1n) is 3.35. The Labute approximate surface area is 64.9 Å². The average Bonchev–Trinajstić information content (AvgIpc) is 1.99. The van der Waals surface area contributed by atoms with Crippen LogP contribution >= 0.6 is 0 Å². The summed E-state index contributed by atoms with van der Waals surface area (Å²) in [5.41, 5.74) is 12.3. The van der Waals surface area contributed by atoms with E-state index in [9.17, 15) is 0 Å². The zero-order valence-corrected chi connectivity index (χ0v) is 6.12. The van der Waals surface area contributed by atoms with Gasteiger partial charge in [-0.1, -0.05) is 0 Å². The third-order valence-corrected chi connectivity index (χ3v) is 1.49. The smallest absolute Gasteiger partial charge is 0.146 e. The summed E-state index contributed by atoms with van der Waals surface area (Å²) in [5, 5.41) is 8.62. The van der Waals surface area contributed by atoms with Crippen LogP contribution in [0.15, 0.2) is 12.3 Å². The molecular formula is C7H11N3O. The molecule has 0 aliphatic rings. The lowest BCUT2D eigenvalue weighted by Gasteiger charge is -2.04. The molecular weight excluding hydrogens is 142 g/mol. The number of nitrogens with zero attached hydrogens (tertiary/aromatic N) is 1. The van der Waals surface area contributed by atoms with Crippen molar-refractivity contribution in [2.75, 3.05) is 18.1 Å². The summed E-state index contributed by atoms with van der Waals surface area (Å²) in [6.07, 6.45) is 2.11. The highest BCUT2D eigenvalue weighted by Crippen LogP contribution is 2.16. The summed E-state index contributed by atoms with van der Waals surface area (Å²) in [7, 11) is 0. The molecule has 11 heavy (non-hydrogen) atoms.